The standard InChI is InChI=1S/C13H8O6S/c1-6-2-3-7-4-8(20(16,17)18)5-9-11(7)10(6)13(15)19-12(9)14/h2-5H,1H3,(H,16,17,18). The van der Waals surface area contributed by atoms with Gasteiger partial charge >= 0.3 is 11.9 Å². The summed E-state index contributed by atoms with van der Waals surface area (Å²) >= 11 is 0. The first-order chi connectivity index (χ1) is 9.29. The van der Waals surface area contributed by atoms with Crippen molar-refractivity contribution < 1.29 is 27.3 Å². The second kappa shape index (κ2) is 3.87. The number of hydrogen-bond donors (Lipinski definition) is 1. The molecule has 3 rings (SSSR count). The minimum Gasteiger partial charge on any atom is -0.386 e. The molecule has 2 aromatic rings. The number of carbonyl (C=O) groups is 2. The molecule has 0 spiro atoms. The third-order valence-electron chi connectivity index (χ3n) is 3.21. The monoisotopic (exact) mass is 292 g/mol. The van der Waals surface area contributed by atoms with Crippen LogP contribution >= 0.6 is 0 Å². The molecule has 1 N–H and O–H groups in total. The highest BCUT2D eigenvalue weighted by atomic mass is 32.2. The van der Waals surface area contributed by atoms with Crippen LogP contribution in [-0.2, 0) is 14.9 Å². The fourth-order valence-electron chi connectivity index (χ4n) is 2.31. The van der Waals surface area contributed by atoms with Crippen molar-refractivity contribution in [3.63, 3.8) is 0 Å². The Bertz CT molecular complexity index is 895. The molecular formula is C13H8O6S. The molecule has 7 heteroatoms. The van der Waals surface area contributed by atoms with Crippen LogP contribution in [0.2, 0.25) is 0 Å². The van der Waals surface area contributed by atoms with Crippen molar-refractivity contribution in [2.75, 3.05) is 0 Å². The summed E-state index contributed by atoms with van der Waals surface area (Å²) in [5, 5.41) is 0.722. The molecule has 20 heavy (non-hydrogen) atoms. The third kappa shape index (κ3) is 1.71. The zero-order valence-corrected chi connectivity index (χ0v) is 11.0. The average Bonchev–Trinajstić information content (AvgIpc) is 2.34. The zero-order valence-electron chi connectivity index (χ0n) is 10.2. The van der Waals surface area contributed by atoms with Gasteiger partial charge < -0.3 is 4.74 Å². The number of esters is 2. The van der Waals surface area contributed by atoms with Gasteiger partial charge in [0.05, 0.1) is 16.0 Å². The van der Waals surface area contributed by atoms with Gasteiger partial charge in [-0.05, 0) is 30.0 Å². The van der Waals surface area contributed by atoms with Crippen LogP contribution in [0.4, 0.5) is 0 Å². The Kier molecular flexibility index (Phi) is 2.47. The number of carbonyl (C=O) groups excluding carboxylic acids is 2. The zero-order chi connectivity index (χ0) is 14.7. The van der Waals surface area contributed by atoms with Crippen molar-refractivity contribution in [3.8, 4) is 0 Å². The highest BCUT2D eigenvalue weighted by Gasteiger charge is 2.30. The van der Waals surface area contributed by atoms with E-state index in [4.69, 9.17) is 4.55 Å². The van der Waals surface area contributed by atoms with Gasteiger partial charge in [0.15, 0.2) is 0 Å². The number of ether oxygens (including phenoxy) is 1. The van der Waals surface area contributed by atoms with Gasteiger partial charge in [-0.2, -0.15) is 8.42 Å². The first-order valence-electron chi connectivity index (χ1n) is 5.60. The lowest BCUT2D eigenvalue weighted by atomic mass is 9.94. The molecule has 2 aromatic carbocycles. The van der Waals surface area contributed by atoms with Crippen LogP contribution in [0.1, 0.15) is 26.3 Å². The summed E-state index contributed by atoms with van der Waals surface area (Å²) in [7, 11) is -4.46. The smallest absolute Gasteiger partial charge is 0.346 e. The fraction of sp³-hybridized carbons (Fsp3) is 0.0769. The van der Waals surface area contributed by atoms with Crippen LogP contribution in [0.25, 0.3) is 10.8 Å². The lowest BCUT2D eigenvalue weighted by molar-refractivity contribution is 0.0390. The van der Waals surface area contributed by atoms with Crippen LogP contribution in [0.3, 0.4) is 0 Å². The molecular weight excluding hydrogens is 284 g/mol. The molecule has 0 radical (unpaired) electrons. The van der Waals surface area contributed by atoms with Gasteiger partial charge in [0, 0.05) is 5.39 Å². The molecule has 0 fully saturated rings. The van der Waals surface area contributed by atoms with Crippen molar-refractivity contribution in [3.05, 3.63) is 41.0 Å². The predicted octanol–water partition coefficient (Wildman–Crippen LogP) is 1.71. The van der Waals surface area contributed by atoms with Gasteiger partial charge in [0.25, 0.3) is 10.1 Å². The highest BCUT2D eigenvalue weighted by molar-refractivity contribution is 7.85. The molecule has 102 valence electrons. The molecule has 0 saturated heterocycles. The number of cyclic esters (lactones) is 2. The predicted molar refractivity (Wildman–Crippen MR) is 68.2 cm³/mol. The Hall–Kier alpha value is -2.25. The van der Waals surface area contributed by atoms with Gasteiger partial charge in [-0.1, -0.05) is 12.1 Å². The Morgan fingerprint density at radius 3 is 2.45 bits per heavy atom. The molecule has 1 aliphatic heterocycles. The van der Waals surface area contributed by atoms with Crippen LogP contribution < -0.4 is 0 Å². The highest BCUT2D eigenvalue weighted by Crippen LogP contribution is 2.33. The molecule has 0 unspecified atom stereocenters. The minimum atomic E-state index is -4.46. The largest absolute Gasteiger partial charge is 0.386 e. The number of benzene rings is 2. The van der Waals surface area contributed by atoms with Crippen molar-refractivity contribution in [1.82, 2.24) is 0 Å². The van der Waals surface area contributed by atoms with E-state index in [9.17, 15) is 18.0 Å². The number of aryl methyl sites for hydroxylation is 1. The maximum Gasteiger partial charge on any atom is 0.346 e. The first-order valence-corrected chi connectivity index (χ1v) is 7.04. The second-order valence-electron chi connectivity index (χ2n) is 4.48. The average molecular weight is 292 g/mol. The van der Waals surface area contributed by atoms with Gasteiger partial charge in [-0.25, -0.2) is 9.59 Å². The van der Waals surface area contributed by atoms with E-state index < -0.39 is 27.0 Å². The molecule has 0 aromatic heterocycles. The Morgan fingerprint density at radius 1 is 1.10 bits per heavy atom. The molecule has 0 amide bonds. The van der Waals surface area contributed by atoms with Crippen LogP contribution in [0.5, 0.6) is 0 Å². The van der Waals surface area contributed by atoms with Gasteiger partial charge in [0.2, 0.25) is 0 Å². The normalized spacial score (nSPS) is 14.5. The molecule has 1 heterocycles. The maximum atomic E-state index is 11.8. The topological polar surface area (TPSA) is 97.7 Å². The lowest BCUT2D eigenvalue weighted by Gasteiger charge is -2.17. The first kappa shape index (κ1) is 12.8. The lowest BCUT2D eigenvalue weighted by Crippen LogP contribution is -2.21. The Labute approximate surface area is 113 Å². The van der Waals surface area contributed by atoms with Crippen LogP contribution in [0.15, 0.2) is 29.2 Å². The summed E-state index contributed by atoms with van der Waals surface area (Å²) in [4.78, 5) is 23.1. The number of rotatable bonds is 1. The van der Waals surface area contributed by atoms with E-state index >= 15 is 0 Å². The maximum absolute atomic E-state index is 11.8. The van der Waals surface area contributed by atoms with Crippen molar-refractivity contribution in [2.45, 2.75) is 11.8 Å². The Morgan fingerprint density at radius 2 is 1.80 bits per heavy atom. The second-order valence-corrected chi connectivity index (χ2v) is 5.90. The molecule has 0 atom stereocenters. The molecule has 1 aliphatic rings. The summed E-state index contributed by atoms with van der Waals surface area (Å²) in [5.74, 6) is -1.69. The SMILES string of the molecule is Cc1ccc2cc(S(=O)(=O)O)cc3c2c1C(=O)OC3=O. The third-order valence-corrected chi connectivity index (χ3v) is 4.04. The minimum absolute atomic E-state index is 0.0478. The van der Waals surface area contributed by atoms with Gasteiger partial charge in [0.1, 0.15) is 0 Å². The molecule has 6 nitrogen and oxygen atoms in total. The van der Waals surface area contributed by atoms with Crippen LogP contribution in [-0.4, -0.2) is 24.9 Å². The van der Waals surface area contributed by atoms with E-state index in [0.29, 0.717) is 16.3 Å². The van der Waals surface area contributed by atoms with Crippen molar-refractivity contribution in [2.24, 2.45) is 0 Å². The quantitative estimate of drug-likeness (QED) is 0.488. The van der Waals surface area contributed by atoms with E-state index in [0.717, 1.165) is 6.07 Å². The Balaban J connectivity index is 2.54. The summed E-state index contributed by atoms with van der Waals surface area (Å²) in [6.45, 7) is 1.69. The summed E-state index contributed by atoms with van der Waals surface area (Å²) in [5.41, 5.74) is 0.809. The fourth-order valence-corrected chi connectivity index (χ4v) is 2.85. The molecule has 0 aliphatic carbocycles. The molecule has 0 saturated carbocycles. The van der Waals surface area contributed by atoms with E-state index in [1.54, 1.807) is 19.1 Å². The van der Waals surface area contributed by atoms with E-state index in [1.165, 1.54) is 6.07 Å². The molecule has 0 bridgehead atoms. The van der Waals surface area contributed by atoms with E-state index in [2.05, 4.69) is 4.74 Å². The summed E-state index contributed by atoms with van der Waals surface area (Å²) in [6.07, 6.45) is 0. The van der Waals surface area contributed by atoms with Gasteiger partial charge in [-0.15, -0.1) is 0 Å². The summed E-state index contributed by atoms with van der Waals surface area (Å²) < 4.78 is 36.1. The van der Waals surface area contributed by atoms with E-state index in [-0.39, 0.29) is 11.1 Å². The van der Waals surface area contributed by atoms with Crippen LogP contribution in [0, 0.1) is 6.92 Å². The summed E-state index contributed by atoms with van der Waals surface area (Å²) in [6, 6.07) is 5.42. The van der Waals surface area contributed by atoms with Crippen molar-refractivity contribution in [1.29, 1.82) is 0 Å². The van der Waals surface area contributed by atoms with Gasteiger partial charge in [-0.3, -0.25) is 4.55 Å². The number of hydrogen-bond acceptors (Lipinski definition) is 5. The van der Waals surface area contributed by atoms with E-state index in [1.807, 2.05) is 0 Å². The van der Waals surface area contributed by atoms with Crippen molar-refractivity contribution >= 4 is 32.8 Å².